The minimum absolute atomic E-state index is 0.0857. The molecule has 2 aromatic carbocycles. The van der Waals surface area contributed by atoms with E-state index in [4.69, 9.17) is 9.47 Å². The Labute approximate surface area is 151 Å². The van der Waals surface area contributed by atoms with Crippen LogP contribution >= 0.6 is 0 Å². The highest BCUT2D eigenvalue weighted by molar-refractivity contribution is 5.96. The molecular weight excluding hydrogens is 332 g/mol. The number of benzene rings is 2. The molecule has 0 bridgehead atoms. The standard InChI is InChI=1S/C20H20N2O4/c1-4-25-17-16(20(24)26-5-2)21-18(22(3)19(17)23)15-12-8-10-13-9-6-7-11-14(13)15/h6-12H,4-5H2,1-3H3. The molecule has 0 aliphatic carbocycles. The molecular formula is C20H20N2O4. The number of carbonyl (C=O) groups excluding carboxylic acids is 1. The second-order valence-corrected chi connectivity index (χ2v) is 5.66. The van der Waals surface area contributed by atoms with Gasteiger partial charge in [-0.1, -0.05) is 42.5 Å². The van der Waals surface area contributed by atoms with Crippen LogP contribution in [-0.2, 0) is 11.8 Å². The zero-order valence-corrected chi connectivity index (χ0v) is 15.0. The van der Waals surface area contributed by atoms with Gasteiger partial charge in [0.25, 0.3) is 5.56 Å². The van der Waals surface area contributed by atoms with E-state index >= 15 is 0 Å². The molecule has 0 amide bonds. The van der Waals surface area contributed by atoms with Crippen molar-refractivity contribution in [3.8, 4) is 17.1 Å². The smallest absolute Gasteiger partial charge is 0.361 e. The predicted molar refractivity (Wildman–Crippen MR) is 99.5 cm³/mol. The van der Waals surface area contributed by atoms with E-state index in [0.29, 0.717) is 5.82 Å². The SMILES string of the molecule is CCOC(=O)c1nc(-c2cccc3ccccc23)n(C)c(=O)c1OCC. The minimum atomic E-state index is -0.671. The van der Waals surface area contributed by atoms with Crippen molar-refractivity contribution in [2.45, 2.75) is 13.8 Å². The lowest BCUT2D eigenvalue weighted by Gasteiger charge is -2.15. The summed E-state index contributed by atoms with van der Waals surface area (Å²) in [4.78, 5) is 29.6. The first-order valence-electron chi connectivity index (χ1n) is 8.47. The average molecular weight is 352 g/mol. The summed E-state index contributed by atoms with van der Waals surface area (Å²) >= 11 is 0. The molecule has 0 atom stereocenters. The maximum atomic E-state index is 12.8. The Morgan fingerprint density at radius 3 is 2.54 bits per heavy atom. The van der Waals surface area contributed by atoms with E-state index in [9.17, 15) is 9.59 Å². The van der Waals surface area contributed by atoms with Crippen molar-refractivity contribution in [1.82, 2.24) is 9.55 Å². The molecule has 26 heavy (non-hydrogen) atoms. The van der Waals surface area contributed by atoms with Crippen molar-refractivity contribution in [2.24, 2.45) is 7.05 Å². The number of rotatable bonds is 5. The van der Waals surface area contributed by atoms with E-state index in [2.05, 4.69) is 4.98 Å². The fraction of sp³-hybridized carbons (Fsp3) is 0.250. The van der Waals surface area contributed by atoms with Gasteiger partial charge in [-0.25, -0.2) is 9.78 Å². The highest BCUT2D eigenvalue weighted by atomic mass is 16.5. The van der Waals surface area contributed by atoms with Crippen LogP contribution in [0.5, 0.6) is 5.75 Å². The highest BCUT2D eigenvalue weighted by Crippen LogP contribution is 2.28. The third-order valence-corrected chi connectivity index (χ3v) is 4.04. The van der Waals surface area contributed by atoms with E-state index in [-0.39, 0.29) is 24.7 Å². The molecule has 134 valence electrons. The first-order chi connectivity index (χ1) is 12.6. The average Bonchev–Trinajstić information content (AvgIpc) is 2.66. The summed E-state index contributed by atoms with van der Waals surface area (Å²) in [6.07, 6.45) is 0. The number of ether oxygens (including phenoxy) is 2. The molecule has 3 rings (SSSR count). The number of nitrogens with zero attached hydrogens (tertiary/aromatic N) is 2. The number of hydrogen-bond acceptors (Lipinski definition) is 5. The molecule has 0 unspecified atom stereocenters. The van der Waals surface area contributed by atoms with Crippen molar-refractivity contribution in [1.29, 1.82) is 0 Å². The summed E-state index contributed by atoms with van der Waals surface area (Å²) in [5, 5.41) is 1.96. The van der Waals surface area contributed by atoms with E-state index in [1.807, 2.05) is 42.5 Å². The molecule has 0 spiro atoms. The molecule has 0 N–H and O–H groups in total. The van der Waals surface area contributed by atoms with Crippen LogP contribution in [0.3, 0.4) is 0 Å². The third-order valence-electron chi connectivity index (χ3n) is 4.04. The monoisotopic (exact) mass is 352 g/mol. The Bertz CT molecular complexity index is 1020. The highest BCUT2D eigenvalue weighted by Gasteiger charge is 2.24. The summed E-state index contributed by atoms with van der Waals surface area (Å²) in [5.41, 5.74) is 0.240. The van der Waals surface area contributed by atoms with Crippen molar-refractivity contribution >= 4 is 16.7 Å². The van der Waals surface area contributed by atoms with Crippen molar-refractivity contribution in [2.75, 3.05) is 13.2 Å². The first-order valence-corrected chi connectivity index (χ1v) is 8.47. The molecule has 0 saturated heterocycles. The van der Waals surface area contributed by atoms with Crippen LogP contribution in [0.15, 0.2) is 47.3 Å². The van der Waals surface area contributed by atoms with Crippen molar-refractivity contribution < 1.29 is 14.3 Å². The van der Waals surface area contributed by atoms with Crippen molar-refractivity contribution in [3.05, 3.63) is 58.5 Å². The van der Waals surface area contributed by atoms with Gasteiger partial charge in [-0.2, -0.15) is 0 Å². The van der Waals surface area contributed by atoms with Crippen LogP contribution in [0.25, 0.3) is 22.2 Å². The molecule has 3 aromatic rings. The Hall–Kier alpha value is -3.15. The largest absolute Gasteiger partial charge is 0.486 e. The maximum Gasteiger partial charge on any atom is 0.361 e. The fourth-order valence-electron chi connectivity index (χ4n) is 2.85. The van der Waals surface area contributed by atoms with Gasteiger partial charge in [0.2, 0.25) is 5.75 Å². The lowest BCUT2D eigenvalue weighted by Crippen LogP contribution is -2.26. The van der Waals surface area contributed by atoms with Gasteiger partial charge in [0.15, 0.2) is 5.69 Å². The molecule has 0 aliphatic heterocycles. The summed E-state index contributed by atoms with van der Waals surface area (Å²) in [5.74, 6) is -0.370. The summed E-state index contributed by atoms with van der Waals surface area (Å²) < 4.78 is 11.9. The van der Waals surface area contributed by atoms with Gasteiger partial charge >= 0.3 is 5.97 Å². The molecule has 1 heterocycles. The molecule has 0 aliphatic rings. The summed E-state index contributed by atoms with van der Waals surface area (Å²) in [6, 6.07) is 13.6. The Kier molecular flexibility index (Phi) is 5.02. The van der Waals surface area contributed by atoms with Gasteiger partial charge < -0.3 is 9.47 Å². The quantitative estimate of drug-likeness (QED) is 0.660. The first kappa shape index (κ1) is 17.7. The summed E-state index contributed by atoms with van der Waals surface area (Å²) in [6.45, 7) is 3.87. The Morgan fingerprint density at radius 1 is 1.08 bits per heavy atom. The second kappa shape index (κ2) is 7.39. The second-order valence-electron chi connectivity index (χ2n) is 5.66. The number of carbonyl (C=O) groups is 1. The van der Waals surface area contributed by atoms with Gasteiger partial charge in [0, 0.05) is 12.6 Å². The van der Waals surface area contributed by atoms with Gasteiger partial charge in [-0.15, -0.1) is 0 Å². The zero-order valence-electron chi connectivity index (χ0n) is 15.0. The number of esters is 1. The van der Waals surface area contributed by atoms with Crippen LogP contribution in [0.1, 0.15) is 24.3 Å². The van der Waals surface area contributed by atoms with Crippen LogP contribution in [-0.4, -0.2) is 28.7 Å². The molecule has 6 nitrogen and oxygen atoms in total. The van der Waals surface area contributed by atoms with Crippen LogP contribution < -0.4 is 10.3 Å². The van der Waals surface area contributed by atoms with E-state index < -0.39 is 11.5 Å². The van der Waals surface area contributed by atoms with E-state index in [1.165, 1.54) is 4.57 Å². The van der Waals surface area contributed by atoms with Gasteiger partial charge in [0.1, 0.15) is 5.82 Å². The lowest BCUT2D eigenvalue weighted by molar-refractivity contribution is 0.0514. The lowest BCUT2D eigenvalue weighted by atomic mass is 10.0. The number of hydrogen-bond donors (Lipinski definition) is 0. The third kappa shape index (κ3) is 3.06. The van der Waals surface area contributed by atoms with Gasteiger partial charge in [-0.05, 0) is 24.6 Å². The Morgan fingerprint density at radius 2 is 1.81 bits per heavy atom. The number of aromatic nitrogens is 2. The fourth-order valence-corrected chi connectivity index (χ4v) is 2.85. The van der Waals surface area contributed by atoms with Crippen LogP contribution in [0.4, 0.5) is 0 Å². The molecule has 0 saturated carbocycles. The van der Waals surface area contributed by atoms with Crippen LogP contribution in [0, 0.1) is 0 Å². The predicted octanol–water partition coefficient (Wildman–Crippen LogP) is 3.18. The summed E-state index contributed by atoms with van der Waals surface area (Å²) in [7, 11) is 1.61. The topological polar surface area (TPSA) is 70.4 Å². The molecule has 0 radical (unpaired) electrons. The van der Waals surface area contributed by atoms with Gasteiger partial charge in [-0.3, -0.25) is 9.36 Å². The van der Waals surface area contributed by atoms with Crippen LogP contribution in [0.2, 0.25) is 0 Å². The molecule has 1 aromatic heterocycles. The Balaban J connectivity index is 2.31. The number of fused-ring (bicyclic) bond motifs is 1. The molecule has 6 heteroatoms. The van der Waals surface area contributed by atoms with Gasteiger partial charge in [0.05, 0.1) is 13.2 Å². The normalized spacial score (nSPS) is 10.7. The van der Waals surface area contributed by atoms with Crippen molar-refractivity contribution in [3.63, 3.8) is 0 Å². The molecule has 0 fully saturated rings. The van der Waals surface area contributed by atoms with E-state index in [0.717, 1.165) is 16.3 Å². The zero-order chi connectivity index (χ0) is 18.7. The maximum absolute atomic E-state index is 12.8. The van der Waals surface area contributed by atoms with E-state index in [1.54, 1.807) is 20.9 Å². The minimum Gasteiger partial charge on any atom is -0.486 e.